The first-order chi connectivity index (χ1) is 12.0. The summed E-state index contributed by atoms with van der Waals surface area (Å²) in [5.74, 6) is 1.05. The molecule has 8 heteroatoms. The Bertz CT molecular complexity index is 726. The predicted octanol–water partition coefficient (Wildman–Crippen LogP) is 1.49. The Morgan fingerprint density at radius 2 is 1.84 bits per heavy atom. The number of anilines is 4. The number of benzene rings is 1. The second-order valence-electron chi connectivity index (χ2n) is 6.12. The van der Waals surface area contributed by atoms with Crippen molar-refractivity contribution in [3.8, 4) is 0 Å². The summed E-state index contributed by atoms with van der Waals surface area (Å²) in [6.07, 6.45) is 1.40. The predicted molar refractivity (Wildman–Crippen MR) is 99.5 cm³/mol. The first-order valence-electron chi connectivity index (χ1n) is 8.19. The summed E-state index contributed by atoms with van der Waals surface area (Å²) in [5, 5.41) is 3.22. The molecule has 0 atom stereocenters. The third kappa shape index (κ3) is 4.16. The average Bonchev–Trinajstić information content (AvgIpc) is 2.62. The Morgan fingerprint density at radius 1 is 1.16 bits per heavy atom. The molecule has 25 heavy (non-hydrogen) atoms. The van der Waals surface area contributed by atoms with E-state index in [0.717, 1.165) is 31.9 Å². The number of aromatic nitrogens is 2. The molecule has 0 radical (unpaired) electrons. The van der Waals surface area contributed by atoms with E-state index in [2.05, 4.69) is 44.3 Å². The molecule has 0 unspecified atom stereocenters. The third-order valence-electron chi connectivity index (χ3n) is 4.34. The SMILES string of the molecule is CN1CCN(c2ccc(Nc3cc(N(C)C(N)=O)ncn3)cc2)CC1. The van der Waals surface area contributed by atoms with E-state index < -0.39 is 6.03 Å². The fourth-order valence-corrected chi connectivity index (χ4v) is 2.68. The van der Waals surface area contributed by atoms with Crippen LogP contribution in [0, 0.1) is 0 Å². The van der Waals surface area contributed by atoms with Crippen LogP contribution < -0.4 is 20.9 Å². The van der Waals surface area contributed by atoms with Crippen LogP contribution in [0.1, 0.15) is 0 Å². The van der Waals surface area contributed by atoms with Gasteiger partial charge in [-0.2, -0.15) is 0 Å². The number of nitrogens with zero attached hydrogens (tertiary/aromatic N) is 5. The molecule has 1 fully saturated rings. The molecule has 1 aromatic carbocycles. The van der Waals surface area contributed by atoms with Crippen LogP contribution in [-0.4, -0.2) is 61.2 Å². The van der Waals surface area contributed by atoms with E-state index in [4.69, 9.17) is 5.73 Å². The van der Waals surface area contributed by atoms with Crippen molar-refractivity contribution in [3.63, 3.8) is 0 Å². The van der Waals surface area contributed by atoms with Crippen LogP contribution in [-0.2, 0) is 0 Å². The first-order valence-corrected chi connectivity index (χ1v) is 8.19. The van der Waals surface area contributed by atoms with Crippen molar-refractivity contribution in [2.45, 2.75) is 0 Å². The van der Waals surface area contributed by atoms with E-state index >= 15 is 0 Å². The van der Waals surface area contributed by atoms with Crippen molar-refractivity contribution >= 4 is 29.0 Å². The number of nitrogens with one attached hydrogen (secondary N) is 1. The molecule has 0 bridgehead atoms. The number of carbonyl (C=O) groups excluding carboxylic acids is 1. The van der Waals surface area contributed by atoms with Crippen LogP contribution in [0.3, 0.4) is 0 Å². The van der Waals surface area contributed by atoms with Gasteiger partial charge in [0.15, 0.2) is 0 Å². The molecular weight excluding hydrogens is 318 g/mol. The van der Waals surface area contributed by atoms with Crippen molar-refractivity contribution < 1.29 is 4.79 Å². The van der Waals surface area contributed by atoms with Gasteiger partial charge < -0.3 is 20.9 Å². The van der Waals surface area contributed by atoms with Crippen LogP contribution in [0.25, 0.3) is 0 Å². The summed E-state index contributed by atoms with van der Waals surface area (Å²) in [4.78, 5) is 25.5. The van der Waals surface area contributed by atoms with Crippen LogP contribution >= 0.6 is 0 Å². The van der Waals surface area contributed by atoms with E-state index in [-0.39, 0.29) is 0 Å². The molecule has 2 heterocycles. The Balaban J connectivity index is 1.67. The minimum atomic E-state index is -0.568. The number of nitrogens with two attached hydrogens (primary N) is 1. The van der Waals surface area contributed by atoms with E-state index in [1.54, 1.807) is 13.1 Å². The van der Waals surface area contributed by atoms with Gasteiger partial charge in [-0.05, 0) is 31.3 Å². The molecular formula is C17H23N7O. The number of rotatable bonds is 4. The second-order valence-corrected chi connectivity index (χ2v) is 6.12. The molecule has 1 aromatic heterocycles. The molecule has 3 N–H and O–H groups in total. The molecule has 0 saturated carbocycles. The van der Waals surface area contributed by atoms with E-state index in [1.807, 2.05) is 12.1 Å². The highest BCUT2D eigenvalue weighted by Crippen LogP contribution is 2.22. The number of hydrogen-bond acceptors (Lipinski definition) is 6. The van der Waals surface area contributed by atoms with E-state index in [9.17, 15) is 4.79 Å². The van der Waals surface area contributed by atoms with Crippen molar-refractivity contribution in [2.75, 3.05) is 55.4 Å². The van der Waals surface area contributed by atoms with E-state index in [1.165, 1.54) is 16.9 Å². The maximum atomic E-state index is 11.2. The summed E-state index contributed by atoms with van der Waals surface area (Å²) in [7, 11) is 3.72. The summed E-state index contributed by atoms with van der Waals surface area (Å²) >= 11 is 0. The molecule has 3 rings (SSSR count). The topological polar surface area (TPSA) is 90.6 Å². The Hall–Kier alpha value is -2.87. The smallest absolute Gasteiger partial charge is 0.320 e. The molecule has 2 aromatic rings. The van der Waals surface area contributed by atoms with Crippen molar-refractivity contribution in [2.24, 2.45) is 5.73 Å². The van der Waals surface area contributed by atoms with Gasteiger partial charge in [0.25, 0.3) is 0 Å². The van der Waals surface area contributed by atoms with Crippen LogP contribution in [0.15, 0.2) is 36.7 Å². The van der Waals surface area contributed by atoms with Crippen molar-refractivity contribution in [1.29, 1.82) is 0 Å². The molecule has 1 saturated heterocycles. The summed E-state index contributed by atoms with van der Waals surface area (Å²) in [5.41, 5.74) is 7.40. The number of amides is 2. The molecule has 1 aliphatic rings. The molecule has 8 nitrogen and oxygen atoms in total. The second kappa shape index (κ2) is 7.35. The molecule has 0 aliphatic carbocycles. The lowest BCUT2D eigenvalue weighted by Gasteiger charge is -2.34. The monoisotopic (exact) mass is 341 g/mol. The quantitative estimate of drug-likeness (QED) is 0.875. The zero-order valence-electron chi connectivity index (χ0n) is 14.5. The number of carbonyl (C=O) groups is 1. The van der Waals surface area contributed by atoms with Gasteiger partial charge in [0.2, 0.25) is 0 Å². The van der Waals surface area contributed by atoms with Gasteiger partial charge in [0.1, 0.15) is 18.0 Å². The zero-order valence-corrected chi connectivity index (χ0v) is 14.5. The normalized spacial score (nSPS) is 15.0. The number of piperazine rings is 1. The number of urea groups is 1. The van der Waals surface area contributed by atoms with Gasteiger partial charge in [-0.15, -0.1) is 0 Å². The highest BCUT2D eigenvalue weighted by atomic mass is 16.2. The first kappa shape index (κ1) is 17.0. The standard InChI is InChI=1S/C17H23N7O/c1-22-7-9-24(10-8-22)14-5-3-13(4-6-14)21-15-11-16(20-12-19-15)23(2)17(18)25/h3-6,11-12H,7-10H2,1-2H3,(H2,18,25)(H,19,20,21). The van der Waals surface area contributed by atoms with Gasteiger partial charge in [-0.3, -0.25) is 4.90 Å². The van der Waals surface area contributed by atoms with Crippen LogP contribution in [0.2, 0.25) is 0 Å². The Morgan fingerprint density at radius 3 is 2.48 bits per heavy atom. The molecule has 132 valence electrons. The molecule has 0 spiro atoms. The lowest BCUT2D eigenvalue weighted by atomic mass is 10.2. The van der Waals surface area contributed by atoms with E-state index in [0.29, 0.717) is 11.6 Å². The van der Waals surface area contributed by atoms with Crippen LogP contribution in [0.4, 0.5) is 27.8 Å². The minimum absolute atomic E-state index is 0.444. The van der Waals surface area contributed by atoms with Gasteiger partial charge in [-0.1, -0.05) is 0 Å². The lowest BCUT2D eigenvalue weighted by Crippen LogP contribution is -2.44. The highest BCUT2D eigenvalue weighted by Gasteiger charge is 2.14. The average molecular weight is 341 g/mol. The Kier molecular flexibility index (Phi) is 4.99. The molecule has 1 aliphatic heterocycles. The Labute approximate surface area is 147 Å². The van der Waals surface area contributed by atoms with Crippen molar-refractivity contribution in [1.82, 2.24) is 14.9 Å². The fraction of sp³-hybridized carbons (Fsp3) is 0.353. The van der Waals surface area contributed by atoms with Crippen molar-refractivity contribution in [3.05, 3.63) is 36.7 Å². The maximum absolute atomic E-state index is 11.2. The summed E-state index contributed by atoms with van der Waals surface area (Å²) in [6.45, 7) is 4.24. The number of hydrogen-bond donors (Lipinski definition) is 2. The van der Waals surface area contributed by atoms with Gasteiger partial charge >= 0.3 is 6.03 Å². The molecule has 2 amide bonds. The number of primary amides is 1. The zero-order chi connectivity index (χ0) is 17.8. The van der Waals surface area contributed by atoms with Gasteiger partial charge in [-0.25, -0.2) is 14.8 Å². The van der Waals surface area contributed by atoms with Crippen LogP contribution in [0.5, 0.6) is 0 Å². The maximum Gasteiger partial charge on any atom is 0.320 e. The third-order valence-corrected chi connectivity index (χ3v) is 4.34. The van der Waals surface area contributed by atoms with Gasteiger partial charge in [0.05, 0.1) is 0 Å². The number of likely N-dealkylation sites (N-methyl/N-ethyl adjacent to an activating group) is 1. The lowest BCUT2D eigenvalue weighted by molar-refractivity contribution is 0.255. The highest BCUT2D eigenvalue weighted by molar-refractivity contribution is 5.89. The summed E-state index contributed by atoms with van der Waals surface area (Å²) < 4.78 is 0. The summed E-state index contributed by atoms with van der Waals surface area (Å²) in [6, 6.07) is 9.36. The van der Waals surface area contributed by atoms with Gasteiger partial charge in [0, 0.05) is 50.7 Å². The minimum Gasteiger partial charge on any atom is -0.369 e. The largest absolute Gasteiger partial charge is 0.369 e. The fourth-order valence-electron chi connectivity index (χ4n) is 2.68.